The summed E-state index contributed by atoms with van der Waals surface area (Å²) in [4.78, 5) is 18.0. The van der Waals surface area contributed by atoms with E-state index < -0.39 is 0 Å². The van der Waals surface area contributed by atoms with Crippen LogP contribution < -0.4 is 4.74 Å². The number of carbonyl (C=O) groups is 1. The molecule has 0 saturated carbocycles. The van der Waals surface area contributed by atoms with E-state index in [0.717, 1.165) is 40.9 Å². The number of ether oxygens (including phenoxy) is 1. The molecule has 0 radical (unpaired) electrons. The van der Waals surface area contributed by atoms with Gasteiger partial charge >= 0.3 is 0 Å². The first kappa shape index (κ1) is 16.6. The minimum atomic E-state index is 0.242. The highest BCUT2D eigenvalue weighted by atomic mass is 16.5. The van der Waals surface area contributed by atoms with E-state index in [9.17, 15) is 4.79 Å². The van der Waals surface area contributed by atoms with Crippen molar-refractivity contribution in [3.63, 3.8) is 0 Å². The number of likely N-dealkylation sites (tertiary alicyclic amines) is 1. The Hall–Kier alpha value is -2.85. The van der Waals surface area contributed by atoms with Crippen molar-refractivity contribution in [3.8, 4) is 5.75 Å². The average molecular weight is 346 g/mol. The number of aromatic amines is 1. The monoisotopic (exact) mass is 346 g/mol. The summed E-state index contributed by atoms with van der Waals surface area (Å²) >= 11 is 0. The number of rotatable bonds is 4. The largest absolute Gasteiger partial charge is 0.497 e. The second-order valence-corrected chi connectivity index (χ2v) is 6.69. The second-order valence-electron chi connectivity index (χ2n) is 6.69. The zero-order valence-corrected chi connectivity index (χ0v) is 14.9. The molecule has 4 nitrogen and oxygen atoms in total. The highest BCUT2D eigenvalue weighted by molar-refractivity contribution is 6.03. The SMILES string of the molecule is COc1ccc2[nH]cc(/C=C3\CN(Cc4ccccc4)CCC3=O)c2c1. The molecule has 0 amide bonds. The highest BCUT2D eigenvalue weighted by Gasteiger charge is 2.21. The third kappa shape index (κ3) is 3.41. The standard InChI is InChI=1S/C22H22N2O2/c1-26-19-7-8-21-20(12-19)17(13-23-21)11-18-15-24(10-9-22(18)25)14-16-5-3-2-4-6-16/h2-8,11-13,23H,9-10,14-15H2,1H3/b18-11+. The maximum Gasteiger partial charge on any atom is 0.161 e. The molecule has 132 valence electrons. The summed E-state index contributed by atoms with van der Waals surface area (Å²) in [5, 5.41) is 1.07. The first-order valence-electron chi connectivity index (χ1n) is 8.88. The Morgan fingerprint density at radius 2 is 2.04 bits per heavy atom. The first-order chi connectivity index (χ1) is 12.7. The number of aromatic nitrogens is 1. The van der Waals surface area contributed by atoms with Crippen LogP contribution >= 0.6 is 0 Å². The molecule has 1 aliphatic heterocycles. The highest BCUT2D eigenvalue weighted by Crippen LogP contribution is 2.26. The Balaban J connectivity index is 1.60. The molecule has 4 rings (SSSR count). The van der Waals surface area contributed by atoms with Gasteiger partial charge in [0.05, 0.1) is 7.11 Å². The molecule has 2 heterocycles. The third-order valence-corrected chi connectivity index (χ3v) is 4.91. The summed E-state index contributed by atoms with van der Waals surface area (Å²) < 4.78 is 5.33. The summed E-state index contributed by atoms with van der Waals surface area (Å²) in [6.07, 6.45) is 4.56. The number of H-pyrrole nitrogens is 1. The summed E-state index contributed by atoms with van der Waals surface area (Å²) in [6.45, 7) is 2.37. The molecular weight excluding hydrogens is 324 g/mol. The second kappa shape index (κ2) is 7.18. The van der Waals surface area contributed by atoms with E-state index in [1.807, 2.05) is 36.5 Å². The van der Waals surface area contributed by atoms with Crippen molar-refractivity contribution in [2.24, 2.45) is 0 Å². The van der Waals surface area contributed by atoms with E-state index in [2.05, 4.69) is 34.1 Å². The van der Waals surface area contributed by atoms with Crippen LogP contribution in [0.25, 0.3) is 17.0 Å². The quantitative estimate of drug-likeness (QED) is 0.725. The van der Waals surface area contributed by atoms with Gasteiger partial charge in [0.15, 0.2) is 5.78 Å². The number of nitrogens with zero attached hydrogens (tertiary/aromatic N) is 1. The van der Waals surface area contributed by atoms with Crippen molar-refractivity contribution < 1.29 is 9.53 Å². The Labute approximate surface area is 153 Å². The van der Waals surface area contributed by atoms with Gasteiger partial charge in [0.2, 0.25) is 0 Å². The first-order valence-corrected chi connectivity index (χ1v) is 8.88. The number of methoxy groups -OCH3 is 1. The molecule has 1 fully saturated rings. The fourth-order valence-electron chi connectivity index (χ4n) is 3.49. The zero-order valence-electron chi connectivity index (χ0n) is 14.9. The molecule has 1 saturated heterocycles. The number of benzene rings is 2. The average Bonchev–Trinajstić information content (AvgIpc) is 3.07. The van der Waals surface area contributed by atoms with Crippen LogP contribution in [0.5, 0.6) is 5.75 Å². The summed E-state index contributed by atoms with van der Waals surface area (Å²) in [5.41, 5.74) is 4.22. The van der Waals surface area contributed by atoms with Gasteiger partial charge in [0, 0.05) is 54.3 Å². The van der Waals surface area contributed by atoms with E-state index in [1.54, 1.807) is 7.11 Å². The predicted octanol–water partition coefficient (Wildman–Crippen LogP) is 4.03. The van der Waals surface area contributed by atoms with Crippen molar-refractivity contribution in [3.05, 3.63) is 71.4 Å². The molecule has 0 spiro atoms. The van der Waals surface area contributed by atoms with Gasteiger partial charge in [0.1, 0.15) is 5.75 Å². The lowest BCUT2D eigenvalue weighted by atomic mass is 9.99. The molecule has 1 aliphatic rings. The summed E-state index contributed by atoms with van der Waals surface area (Å²) in [6, 6.07) is 16.3. The number of hydrogen-bond acceptors (Lipinski definition) is 3. The van der Waals surface area contributed by atoms with Crippen LogP contribution in [0.15, 0.2) is 60.3 Å². The Morgan fingerprint density at radius 3 is 2.85 bits per heavy atom. The molecule has 0 aliphatic carbocycles. The van der Waals surface area contributed by atoms with Crippen molar-refractivity contribution in [1.29, 1.82) is 0 Å². The van der Waals surface area contributed by atoms with Crippen molar-refractivity contribution in [2.75, 3.05) is 20.2 Å². The van der Waals surface area contributed by atoms with Gasteiger partial charge in [-0.2, -0.15) is 0 Å². The number of nitrogens with one attached hydrogen (secondary N) is 1. The zero-order chi connectivity index (χ0) is 17.9. The lowest BCUT2D eigenvalue weighted by Crippen LogP contribution is -2.35. The van der Waals surface area contributed by atoms with Crippen molar-refractivity contribution >= 4 is 22.8 Å². The van der Waals surface area contributed by atoms with E-state index in [1.165, 1.54) is 5.56 Å². The number of fused-ring (bicyclic) bond motifs is 1. The number of ketones is 1. The molecule has 2 aromatic carbocycles. The van der Waals surface area contributed by atoms with E-state index >= 15 is 0 Å². The van der Waals surface area contributed by atoms with Crippen LogP contribution in [-0.2, 0) is 11.3 Å². The molecule has 1 aromatic heterocycles. The Kier molecular flexibility index (Phi) is 4.59. The predicted molar refractivity (Wildman–Crippen MR) is 104 cm³/mol. The minimum absolute atomic E-state index is 0.242. The summed E-state index contributed by atoms with van der Waals surface area (Å²) in [7, 11) is 1.66. The van der Waals surface area contributed by atoms with E-state index in [0.29, 0.717) is 13.0 Å². The molecule has 3 aromatic rings. The molecule has 0 bridgehead atoms. The normalized spacial score (nSPS) is 17.1. The molecular formula is C22H22N2O2. The molecule has 1 N–H and O–H groups in total. The van der Waals surface area contributed by atoms with Gasteiger partial charge in [-0.1, -0.05) is 30.3 Å². The number of hydrogen-bond donors (Lipinski definition) is 1. The smallest absolute Gasteiger partial charge is 0.161 e. The van der Waals surface area contributed by atoms with Crippen LogP contribution in [0.1, 0.15) is 17.5 Å². The van der Waals surface area contributed by atoms with Crippen molar-refractivity contribution in [2.45, 2.75) is 13.0 Å². The number of Topliss-reactive ketones (excluding diaryl/α,β-unsaturated/α-hetero) is 1. The molecule has 4 heteroatoms. The molecule has 0 unspecified atom stereocenters. The van der Waals surface area contributed by atoms with Gasteiger partial charge in [-0.3, -0.25) is 9.69 Å². The fourth-order valence-corrected chi connectivity index (χ4v) is 3.49. The van der Waals surface area contributed by atoms with Crippen LogP contribution in [0.2, 0.25) is 0 Å². The van der Waals surface area contributed by atoms with Gasteiger partial charge < -0.3 is 9.72 Å². The topological polar surface area (TPSA) is 45.3 Å². The lowest BCUT2D eigenvalue weighted by molar-refractivity contribution is -0.117. The summed E-state index contributed by atoms with van der Waals surface area (Å²) in [5.74, 6) is 1.06. The lowest BCUT2D eigenvalue weighted by Gasteiger charge is -2.27. The fraction of sp³-hybridized carbons (Fsp3) is 0.227. The van der Waals surface area contributed by atoms with E-state index in [4.69, 9.17) is 4.74 Å². The van der Waals surface area contributed by atoms with Gasteiger partial charge in [-0.15, -0.1) is 0 Å². The molecule has 26 heavy (non-hydrogen) atoms. The third-order valence-electron chi connectivity index (χ3n) is 4.91. The van der Waals surface area contributed by atoms with Gasteiger partial charge in [-0.05, 0) is 29.8 Å². The van der Waals surface area contributed by atoms with Crippen LogP contribution in [0.4, 0.5) is 0 Å². The Bertz CT molecular complexity index is 957. The number of carbonyl (C=O) groups excluding carboxylic acids is 1. The van der Waals surface area contributed by atoms with Gasteiger partial charge in [-0.25, -0.2) is 0 Å². The minimum Gasteiger partial charge on any atom is -0.497 e. The van der Waals surface area contributed by atoms with Crippen LogP contribution in [0.3, 0.4) is 0 Å². The van der Waals surface area contributed by atoms with E-state index in [-0.39, 0.29) is 5.78 Å². The number of piperidine rings is 1. The maximum absolute atomic E-state index is 12.4. The van der Waals surface area contributed by atoms with Gasteiger partial charge in [0.25, 0.3) is 0 Å². The van der Waals surface area contributed by atoms with Crippen LogP contribution in [0, 0.1) is 0 Å². The maximum atomic E-state index is 12.4. The van der Waals surface area contributed by atoms with Crippen LogP contribution in [-0.4, -0.2) is 35.9 Å². The Morgan fingerprint density at radius 1 is 1.19 bits per heavy atom. The molecule has 0 atom stereocenters. The van der Waals surface area contributed by atoms with Crippen molar-refractivity contribution in [1.82, 2.24) is 9.88 Å².